The molecule has 3 N–H and O–H groups in total. The van der Waals surface area contributed by atoms with Crippen LogP contribution in [0.3, 0.4) is 0 Å². The van der Waals surface area contributed by atoms with Crippen LogP contribution in [-0.2, 0) is 9.59 Å². The molecule has 0 saturated heterocycles. The molecule has 22 heavy (non-hydrogen) atoms. The van der Waals surface area contributed by atoms with E-state index in [1.165, 1.54) is 11.8 Å². The lowest BCUT2D eigenvalue weighted by Gasteiger charge is -2.18. The highest BCUT2D eigenvalue weighted by Crippen LogP contribution is 2.23. The SMILES string of the molecule is C[C@H](Sc1ccccc1)C(=O)N[C@@H](C(N)=O)c1ccccc1. The minimum atomic E-state index is -0.812. The molecule has 2 amide bonds. The molecule has 0 spiro atoms. The third-order valence-electron chi connectivity index (χ3n) is 3.13. The van der Waals surface area contributed by atoms with E-state index >= 15 is 0 Å². The Labute approximate surface area is 134 Å². The van der Waals surface area contributed by atoms with Crippen LogP contribution in [0, 0.1) is 0 Å². The number of rotatable bonds is 6. The molecule has 114 valence electrons. The van der Waals surface area contributed by atoms with Crippen molar-refractivity contribution in [2.75, 3.05) is 0 Å². The normalized spacial score (nSPS) is 13.1. The van der Waals surface area contributed by atoms with Gasteiger partial charge in [0.05, 0.1) is 5.25 Å². The molecule has 0 aliphatic heterocycles. The molecule has 2 aromatic rings. The van der Waals surface area contributed by atoms with Crippen LogP contribution >= 0.6 is 11.8 Å². The monoisotopic (exact) mass is 314 g/mol. The number of carbonyl (C=O) groups is 2. The maximum absolute atomic E-state index is 12.3. The summed E-state index contributed by atoms with van der Waals surface area (Å²) in [5, 5.41) is 2.39. The van der Waals surface area contributed by atoms with Gasteiger partial charge in [-0.05, 0) is 24.6 Å². The second-order valence-corrected chi connectivity index (χ2v) is 6.24. The zero-order valence-electron chi connectivity index (χ0n) is 12.2. The summed E-state index contributed by atoms with van der Waals surface area (Å²) in [6.45, 7) is 1.80. The van der Waals surface area contributed by atoms with Crippen LogP contribution < -0.4 is 11.1 Å². The average molecular weight is 314 g/mol. The molecule has 2 atom stereocenters. The third kappa shape index (κ3) is 4.36. The molecule has 4 nitrogen and oxygen atoms in total. The number of nitrogens with two attached hydrogens (primary N) is 1. The Hall–Kier alpha value is -2.27. The van der Waals surface area contributed by atoms with E-state index in [-0.39, 0.29) is 11.2 Å². The van der Waals surface area contributed by atoms with Crippen LogP contribution in [0.5, 0.6) is 0 Å². The number of benzene rings is 2. The first kappa shape index (κ1) is 16.1. The van der Waals surface area contributed by atoms with Crippen LogP contribution in [0.25, 0.3) is 0 Å². The maximum Gasteiger partial charge on any atom is 0.244 e. The van der Waals surface area contributed by atoms with Gasteiger partial charge >= 0.3 is 0 Å². The lowest BCUT2D eigenvalue weighted by molar-refractivity contribution is -0.127. The summed E-state index contributed by atoms with van der Waals surface area (Å²) < 4.78 is 0. The molecule has 2 aromatic carbocycles. The summed E-state index contributed by atoms with van der Waals surface area (Å²) in [7, 11) is 0. The molecular formula is C17H18N2O2S. The largest absolute Gasteiger partial charge is 0.368 e. The van der Waals surface area contributed by atoms with E-state index in [0.717, 1.165) is 4.90 Å². The van der Waals surface area contributed by atoms with Gasteiger partial charge in [-0.15, -0.1) is 11.8 Å². The fraction of sp³-hybridized carbons (Fsp3) is 0.176. The number of thioether (sulfide) groups is 1. The van der Waals surface area contributed by atoms with Crippen LogP contribution in [0.4, 0.5) is 0 Å². The minimum Gasteiger partial charge on any atom is -0.368 e. The highest BCUT2D eigenvalue weighted by molar-refractivity contribution is 8.00. The Kier molecular flexibility index (Phi) is 5.61. The number of carbonyl (C=O) groups excluding carboxylic acids is 2. The predicted molar refractivity (Wildman–Crippen MR) is 88.3 cm³/mol. The summed E-state index contributed by atoms with van der Waals surface area (Å²) in [4.78, 5) is 24.9. The van der Waals surface area contributed by atoms with E-state index in [2.05, 4.69) is 5.32 Å². The van der Waals surface area contributed by atoms with Gasteiger partial charge in [0.25, 0.3) is 0 Å². The van der Waals surface area contributed by atoms with Crippen molar-refractivity contribution in [3.8, 4) is 0 Å². The highest BCUT2D eigenvalue weighted by atomic mass is 32.2. The second-order valence-electron chi connectivity index (χ2n) is 4.83. The second kappa shape index (κ2) is 7.66. The summed E-state index contributed by atoms with van der Waals surface area (Å²) in [5.41, 5.74) is 6.09. The third-order valence-corrected chi connectivity index (χ3v) is 4.24. The van der Waals surface area contributed by atoms with Gasteiger partial charge in [0.15, 0.2) is 0 Å². The summed E-state index contributed by atoms with van der Waals surface area (Å²) in [6.07, 6.45) is 0. The molecular weight excluding hydrogens is 296 g/mol. The molecule has 0 fully saturated rings. The smallest absolute Gasteiger partial charge is 0.244 e. The Morgan fingerprint density at radius 1 is 1.00 bits per heavy atom. The Morgan fingerprint density at radius 2 is 1.55 bits per heavy atom. The Balaban J connectivity index is 2.04. The molecule has 0 aliphatic rings. The molecule has 0 saturated carbocycles. The molecule has 5 heteroatoms. The van der Waals surface area contributed by atoms with Crippen molar-refractivity contribution < 1.29 is 9.59 Å². The first-order chi connectivity index (χ1) is 10.6. The summed E-state index contributed by atoms with van der Waals surface area (Å²) >= 11 is 1.44. The van der Waals surface area contributed by atoms with Gasteiger partial charge in [-0.1, -0.05) is 48.5 Å². The van der Waals surface area contributed by atoms with Crippen molar-refractivity contribution in [1.29, 1.82) is 0 Å². The van der Waals surface area contributed by atoms with Gasteiger partial charge < -0.3 is 11.1 Å². The Bertz CT molecular complexity index is 632. The lowest BCUT2D eigenvalue weighted by Crippen LogP contribution is -2.40. The molecule has 2 rings (SSSR count). The fourth-order valence-electron chi connectivity index (χ4n) is 1.98. The average Bonchev–Trinajstić information content (AvgIpc) is 2.53. The van der Waals surface area contributed by atoms with Crippen LogP contribution in [-0.4, -0.2) is 17.1 Å². The highest BCUT2D eigenvalue weighted by Gasteiger charge is 2.23. The zero-order chi connectivity index (χ0) is 15.9. The van der Waals surface area contributed by atoms with E-state index in [0.29, 0.717) is 5.56 Å². The molecule has 0 aromatic heterocycles. The van der Waals surface area contributed by atoms with Gasteiger partial charge in [0, 0.05) is 4.90 Å². The van der Waals surface area contributed by atoms with Gasteiger partial charge in [0.1, 0.15) is 6.04 Å². The van der Waals surface area contributed by atoms with Gasteiger partial charge in [0.2, 0.25) is 11.8 Å². The quantitative estimate of drug-likeness (QED) is 0.805. The van der Waals surface area contributed by atoms with E-state index in [4.69, 9.17) is 5.73 Å². The van der Waals surface area contributed by atoms with E-state index < -0.39 is 11.9 Å². The number of hydrogen-bond acceptors (Lipinski definition) is 3. The summed E-state index contributed by atoms with van der Waals surface area (Å²) in [6, 6.07) is 17.8. The molecule has 0 unspecified atom stereocenters. The number of nitrogens with one attached hydrogen (secondary N) is 1. The molecule has 0 heterocycles. The van der Waals surface area contributed by atoms with Crippen molar-refractivity contribution in [1.82, 2.24) is 5.32 Å². The molecule has 0 aliphatic carbocycles. The van der Waals surface area contributed by atoms with E-state index in [1.54, 1.807) is 31.2 Å². The van der Waals surface area contributed by atoms with Crippen LogP contribution in [0.1, 0.15) is 18.5 Å². The number of amides is 2. The minimum absolute atomic E-state index is 0.221. The molecule has 0 radical (unpaired) electrons. The summed E-state index contributed by atoms with van der Waals surface area (Å²) in [5.74, 6) is -0.794. The number of hydrogen-bond donors (Lipinski definition) is 2. The first-order valence-corrected chi connectivity index (χ1v) is 7.82. The van der Waals surface area contributed by atoms with Crippen molar-refractivity contribution in [3.05, 3.63) is 66.2 Å². The topological polar surface area (TPSA) is 72.2 Å². The van der Waals surface area contributed by atoms with Crippen molar-refractivity contribution in [3.63, 3.8) is 0 Å². The van der Waals surface area contributed by atoms with Crippen molar-refractivity contribution >= 4 is 23.6 Å². The van der Waals surface area contributed by atoms with Gasteiger partial charge in [-0.3, -0.25) is 9.59 Å². The number of primary amides is 1. The van der Waals surface area contributed by atoms with Crippen LogP contribution in [0.15, 0.2) is 65.6 Å². The lowest BCUT2D eigenvalue weighted by atomic mass is 10.1. The Morgan fingerprint density at radius 3 is 2.09 bits per heavy atom. The van der Waals surface area contributed by atoms with Crippen molar-refractivity contribution in [2.45, 2.75) is 23.1 Å². The van der Waals surface area contributed by atoms with Gasteiger partial charge in [-0.2, -0.15) is 0 Å². The van der Waals surface area contributed by atoms with Crippen LogP contribution in [0.2, 0.25) is 0 Å². The van der Waals surface area contributed by atoms with E-state index in [1.807, 2.05) is 36.4 Å². The standard InChI is InChI=1S/C17H18N2O2S/c1-12(22-14-10-6-3-7-11-14)17(21)19-15(16(18)20)13-8-4-2-5-9-13/h2-12,15H,1H3,(H2,18,20)(H,19,21)/t12-,15+/m0/s1. The first-order valence-electron chi connectivity index (χ1n) is 6.94. The van der Waals surface area contributed by atoms with Gasteiger partial charge in [-0.25, -0.2) is 0 Å². The fourth-order valence-corrected chi connectivity index (χ4v) is 2.88. The molecule has 0 bridgehead atoms. The van der Waals surface area contributed by atoms with E-state index in [9.17, 15) is 9.59 Å². The van der Waals surface area contributed by atoms with Crippen molar-refractivity contribution in [2.24, 2.45) is 5.73 Å². The zero-order valence-corrected chi connectivity index (χ0v) is 13.0. The predicted octanol–water partition coefficient (Wildman–Crippen LogP) is 2.51. The maximum atomic E-state index is 12.3.